The molecule has 3 heterocycles. The molecule has 7 heteroatoms. The molecule has 2 fully saturated rings. The number of nitrogens with zero attached hydrogens (tertiary/aromatic N) is 3. The van der Waals surface area contributed by atoms with Gasteiger partial charge in [-0.3, -0.25) is 0 Å². The van der Waals surface area contributed by atoms with E-state index >= 15 is 0 Å². The summed E-state index contributed by atoms with van der Waals surface area (Å²) in [6.45, 7) is 10.4. The maximum absolute atomic E-state index is 12.3. The number of hydrogen-bond acceptors (Lipinski definition) is 5. The Bertz CT molecular complexity index is 868. The van der Waals surface area contributed by atoms with Crippen molar-refractivity contribution in [3.8, 4) is 0 Å². The molecular formula is C22H30ClN3O3. The van der Waals surface area contributed by atoms with E-state index in [9.17, 15) is 4.79 Å². The predicted molar refractivity (Wildman–Crippen MR) is 113 cm³/mol. The molecule has 1 amide bonds. The van der Waals surface area contributed by atoms with E-state index < -0.39 is 5.60 Å². The van der Waals surface area contributed by atoms with Gasteiger partial charge in [-0.15, -0.1) is 0 Å². The lowest BCUT2D eigenvalue weighted by atomic mass is 9.95. The Morgan fingerprint density at radius 2 is 2.00 bits per heavy atom. The van der Waals surface area contributed by atoms with Gasteiger partial charge in [0.05, 0.1) is 0 Å². The van der Waals surface area contributed by atoms with Gasteiger partial charge >= 0.3 is 6.09 Å². The fourth-order valence-electron chi connectivity index (χ4n) is 4.29. The zero-order chi connectivity index (χ0) is 20.6. The topological polar surface area (TPSA) is 58.8 Å². The van der Waals surface area contributed by atoms with Crippen LogP contribution in [0.3, 0.4) is 0 Å². The summed E-state index contributed by atoms with van der Waals surface area (Å²) in [5.74, 6) is 1.71. The van der Waals surface area contributed by atoms with E-state index in [1.165, 1.54) is 0 Å². The molecule has 1 atom stereocenters. The highest BCUT2D eigenvalue weighted by Crippen LogP contribution is 2.31. The summed E-state index contributed by atoms with van der Waals surface area (Å²) in [5, 5.41) is 0.684. The molecule has 1 aromatic heterocycles. The van der Waals surface area contributed by atoms with Crippen LogP contribution in [0.5, 0.6) is 0 Å². The smallest absolute Gasteiger partial charge is 0.410 e. The molecule has 158 valence electrons. The molecular weight excluding hydrogens is 390 g/mol. The van der Waals surface area contributed by atoms with Gasteiger partial charge in [-0.1, -0.05) is 11.6 Å². The lowest BCUT2D eigenvalue weighted by Gasteiger charge is -2.32. The molecule has 2 aromatic rings. The van der Waals surface area contributed by atoms with Gasteiger partial charge in [-0.05, 0) is 77.2 Å². The van der Waals surface area contributed by atoms with Crippen molar-refractivity contribution in [2.45, 2.75) is 51.6 Å². The number of halogens is 1. The number of oxazole rings is 1. The Morgan fingerprint density at radius 3 is 2.72 bits per heavy atom. The van der Waals surface area contributed by atoms with Crippen molar-refractivity contribution >= 4 is 28.8 Å². The Morgan fingerprint density at radius 1 is 1.24 bits per heavy atom. The highest BCUT2D eigenvalue weighted by molar-refractivity contribution is 6.31. The van der Waals surface area contributed by atoms with Crippen LogP contribution < -0.4 is 0 Å². The van der Waals surface area contributed by atoms with Crippen LogP contribution in [0, 0.1) is 5.92 Å². The molecule has 0 radical (unpaired) electrons. The number of rotatable bonds is 3. The summed E-state index contributed by atoms with van der Waals surface area (Å²) < 4.78 is 11.5. The van der Waals surface area contributed by atoms with Crippen molar-refractivity contribution in [3.05, 3.63) is 29.1 Å². The third-order valence-corrected chi connectivity index (χ3v) is 5.99. The van der Waals surface area contributed by atoms with Crippen LogP contribution in [0.15, 0.2) is 22.6 Å². The zero-order valence-corrected chi connectivity index (χ0v) is 18.2. The largest absolute Gasteiger partial charge is 0.444 e. The van der Waals surface area contributed by atoms with Crippen LogP contribution in [0.2, 0.25) is 5.02 Å². The van der Waals surface area contributed by atoms with Gasteiger partial charge in [0.25, 0.3) is 0 Å². The monoisotopic (exact) mass is 419 g/mol. The van der Waals surface area contributed by atoms with Crippen LogP contribution in [0.4, 0.5) is 4.79 Å². The third kappa shape index (κ3) is 5.04. The Balaban J connectivity index is 1.26. The minimum atomic E-state index is -0.437. The van der Waals surface area contributed by atoms with Crippen LogP contribution in [-0.4, -0.2) is 59.2 Å². The first-order chi connectivity index (χ1) is 13.8. The predicted octanol–water partition coefficient (Wildman–Crippen LogP) is 4.92. The molecule has 0 spiro atoms. The second-order valence-corrected chi connectivity index (χ2v) is 9.76. The van der Waals surface area contributed by atoms with Crippen molar-refractivity contribution in [2.24, 2.45) is 5.92 Å². The fourth-order valence-corrected chi connectivity index (χ4v) is 4.46. The summed E-state index contributed by atoms with van der Waals surface area (Å²) >= 11 is 6.05. The van der Waals surface area contributed by atoms with Gasteiger partial charge < -0.3 is 19.0 Å². The number of carbonyl (C=O) groups excluding carboxylic acids is 1. The van der Waals surface area contributed by atoms with E-state index in [0.29, 0.717) is 16.9 Å². The molecule has 0 bridgehead atoms. The lowest BCUT2D eigenvalue weighted by Crippen LogP contribution is -2.39. The van der Waals surface area contributed by atoms with Gasteiger partial charge in [-0.2, -0.15) is 0 Å². The second kappa shape index (κ2) is 8.15. The molecule has 2 aliphatic heterocycles. The first-order valence-electron chi connectivity index (χ1n) is 10.5. The number of piperidine rings is 1. The van der Waals surface area contributed by atoms with E-state index in [4.69, 9.17) is 20.8 Å². The summed E-state index contributed by atoms with van der Waals surface area (Å²) in [4.78, 5) is 21.3. The second-order valence-electron chi connectivity index (χ2n) is 9.32. The van der Waals surface area contributed by atoms with Crippen molar-refractivity contribution in [1.82, 2.24) is 14.8 Å². The number of amides is 1. The Kier molecular flexibility index (Phi) is 5.76. The Hall–Kier alpha value is -1.79. The zero-order valence-electron chi connectivity index (χ0n) is 17.5. The minimum absolute atomic E-state index is 0.185. The lowest BCUT2D eigenvalue weighted by molar-refractivity contribution is 0.0284. The van der Waals surface area contributed by atoms with Crippen LogP contribution >= 0.6 is 11.6 Å². The van der Waals surface area contributed by atoms with E-state index in [1.807, 2.05) is 43.9 Å². The SMILES string of the molecule is CC(C)(C)OC(=O)N1CC[C@H](CN2CCC(c3nc4cc(Cl)ccc4o3)CC2)C1. The number of hydrogen-bond donors (Lipinski definition) is 0. The normalized spacial score (nSPS) is 21.8. The summed E-state index contributed by atoms with van der Waals surface area (Å²) in [6.07, 6.45) is 2.95. The molecule has 0 saturated carbocycles. The van der Waals surface area contributed by atoms with Crippen LogP contribution in [0.1, 0.15) is 51.8 Å². The van der Waals surface area contributed by atoms with Crippen molar-refractivity contribution in [1.29, 1.82) is 0 Å². The standard InChI is InChI=1S/C22H30ClN3O3/c1-22(2,3)29-21(27)26-11-6-15(14-26)13-25-9-7-16(8-10-25)20-24-18-12-17(23)4-5-19(18)28-20/h4-5,12,15-16H,6-11,13-14H2,1-3H3/t15-/m1/s1. The quantitative estimate of drug-likeness (QED) is 0.706. The van der Waals surface area contributed by atoms with E-state index in [1.54, 1.807) is 0 Å². The highest BCUT2D eigenvalue weighted by Gasteiger charge is 2.32. The molecule has 2 aliphatic rings. The number of benzene rings is 1. The average Bonchev–Trinajstić information content (AvgIpc) is 3.27. The number of likely N-dealkylation sites (tertiary alicyclic amines) is 2. The van der Waals surface area contributed by atoms with Crippen molar-refractivity contribution < 1.29 is 13.9 Å². The van der Waals surface area contributed by atoms with E-state index in [-0.39, 0.29) is 6.09 Å². The molecule has 4 rings (SSSR count). The highest BCUT2D eigenvalue weighted by atomic mass is 35.5. The minimum Gasteiger partial charge on any atom is -0.444 e. The molecule has 0 aliphatic carbocycles. The maximum atomic E-state index is 12.3. The van der Waals surface area contributed by atoms with Crippen molar-refractivity contribution in [3.63, 3.8) is 0 Å². The summed E-state index contributed by atoms with van der Waals surface area (Å²) in [7, 11) is 0. The van der Waals surface area contributed by atoms with Crippen molar-refractivity contribution in [2.75, 3.05) is 32.7 Å². The molecule has 6 nitrogen and oxygen atoms in total. The number of fused-ring (bicyclic) bond motifs is 1. The summed E-state index contributed by atoms with van der Waals surface area (Å²) in [6, 6.07) is 5.58. The fraction of sp³-hybridized carbons (Fsp3) is 0.636. The number of aromatic nitrogens is 1. The number of ether oxygens (including phenoxy) is 1. The number of carbonyl (C=O) groups is 1. The van der Waals surface area contributed by atoms with Crippen LogP contribution in [0.25, 0.3) is 11.1 Å². The van der Waals surface area contributed by atoms with E-state index in [2.05, 4.69) is 9.88 Å². The summed E-state index contributed by atoms with van der Waals surface area (Å²) in [5.41, 5.74) is 1.20. The molecule has 1 aromatic carbocycles. The molecule has 29 heavy (non-hydrogen) atoms. The first-order valence-corrected chi connectivity index (χ1v) is 10.9. The molecule has 0 unspecified atom stereocenters. The Labute approximate surface area is 177 Å². The molecule has 0 N–H and O–H groups in total. The van der Waals surface area contributed by atoms with Gasteiger partial charge in [-0.25, -0.2) is 9.78 Å². The maximum Gasteiger partial charge on any atom is 0.410 e. The van der Waals surface area contributed by atoms with Crippen LogP contribution in [-0.2, 0) is 4.74 Å². The van der Waals surface area contributed by atoms with Gasteiger partial charge in [0.1, 0.15) is 11.1 Å². The van der Waals surface area contributed by atoms with Gasteiger partial charge in [0.15, 0.2) is 11.5 Å². The van der Waals surface area contributed by atoms with Gasteiger partial charge in [0.2, 0.25) is 0 Å². The third-order valence-electron chi connectivity index (χ3n) is 5.76. The average molecular weight is 420 g/mol. The molecule has 2 saturated heterocycles. The first kappa shape index (κ1) is 20.5. The van der Waals surface area contributed by atoms with E-state index in [0.717, 1.165) is 69.0 Å². The van der Waals surface area contributed by atoms with Gasteiger partial charge in [0, 0.05) is 30.6 Å².